The summed E-state index contributed by atoms with van der Waals surface area (Å²) >= 11 is 1.41. The van der Waals surface area contributed by atoms with Crippen LogP contribution in [0, 0.1) is 6.92 Å². The van der Waals surface area contributed by atoms with Crippen molar-refractivity contribution in [2.45, 2.75) is 50.0 Å². The van der Waals surface area contributed by atoms with Crippen LogP contribution in [0.15, 0.2) is 21.9 Å². The summed E-state index contributed by atoms with van der Waals surface area (Å²) in [5, 5.41) is 4.72. The molecule has 0 radical (unpaired) electrons. The van der Waals surface area contributed by atoms with Gasteiger partial charge in [0, 0.05) is 25.1 Å². The Morgan fingerprint density at radius 1 is 1.39 bits per heavy atom. The first-order chi connectivity index (χ1) is 10.8. The van der Waals surface area contributed by atoms with Crippen LogP contribution in [0.1, 0.15) is 38.6 Å². The fourth-order valence-corrected chi connectivity index (χ4v) is 3.57. The van der Waals surface area contributed by atoms with Gasteiger partial charge in [-0.1, -0.05) is 32.5 Å². The van der Waals surface area contributed by atoms with Crippen LogP contribution in [0.2, 0.25) is 0 Å². The first kappa shape index (κ1) is 16.1. The molecule has 1 aliphatic heterocycles. The van der Waals surface area contributed by atoms with Crippen molar-refractivity contribution >= 4 is 23.5 Å². The van der Waals surface area contributed by atoms with E-state index in [1.54, 1.807) is 15.8 Å². The van der Waals surface area contributed by atoms with E-state index in [4.69, 9.17) is 4.42 Å². The van der Waals surface area contributed by atoms with E-state index in [1.165, 1.54) is 11.8 Å². The Kier molecular flexibility index (Phi) is 4.00. The number of aromatic nitrogens is 3. The number of carbonyl (C=O) groups is 1. The molecule has 0 aliphatic carbocycles. The minimum Gasteiger partial charge on any atom is -0.436 e. The van der Waals surface area contributed by atoms with Gasteiger partial charge in [-0.15, -0.1) is 0 Å². The molecule has 0 N–H and O–H groups in total. The average molecular weight is 334 g/mol. The minimum absolute atomic E-state index is 0.0796. The van der Waals surface area contributed by atoms with E-state index in [0.717, 1.165) is 23.7 Å². The molecule has 0 bridgehead atoms. The quantitative estimate of drug-likeness (QED) is 0.863. The Morgan fingerprint density at radius 2 is 2.13 bits per heavy atom. The van der Waals surface area contributed by atoms with Crippen LogP contribution >= 0.6 is 11.8 Å². The maximum atomic E-state index is 12.7. The number of anilines is 1. The van der Waals surface area contributed by atoms with E-state index >= 15 is 0 Å². The van der Waals surface area contributed by atoms with Gasteiger partial charge in [-0.05, 0) is 13.3 Å². The summed E-state index contributed by atoms with van der Waals surface area (Å²) in [5.74, 6) is 1.77. The second kappa shape index (κ2) is 5.70. The molecule has 0 aromatic carbocycles. The van der Waals surface area contributed by atoms with Crippen LogP contribution in [0.3, 0.4) is 0 Å². The molecular formula is C16H22N4O2S. The van der Waals surface area contributed by atoms with E-state index in [2.05, 4.69) is 30.9 Å². The molecule has 3 rings (SSSR count). The highest BCUT2D eigenvalue weighted by molar-refractivity contribution is 8.00. The van der Waals surface area contributed by atoms with Crippen molar-refractivity contribution in [3.8, 4) is 0 Å². The number of carbonyl (C=O) groups excluding carboxylic acids is 1. The largest absolute Gasteiger partial charge is 0.436 e. The fraction of sp³-hybridized carbons (Fsp3) is 0.562. The van der Waals surface area contributed by atoms with Crippen LogP contribution in [-0.4, -0.2) is 32.5 Å². The van der Waals surface area contributed by atoms with Crippen LogP contribution in [-0.2, 0) is 17.3 Å². The Bertz CT molecular complexity index is 729. The van der Waals surface area contributed by atoms with Crippen molar-refractivity contribution < 1.29 is 9.21 Å². The van der Waals surface area contributed by atoms with Crippen molar-refractivity contribution in [3.63, 3.8) is 0 Å². The Labute approximate surface area is 140 Å². The zero-order valence-electron chi connectivity index (χ0n) is 14.2. The van der Waals surface area contributed by atoms with E-state index in [-0.39, 0.29) is 16.6 Å². The Morgan fingerprint density at radius 3 is 2.70 bits per heavy atom. The minimum atomic E-state index is -0.156. The van der Waals surface area contributed by atoms with Gasteiger partial charge in [0.2, 0.25) is 5.91 Å². The molecule has 124 valence electrons. The second-order valence-corrected chi connectivity index (χ2v) is 8.05. The van der Waals surface area contributed by atoms with Crippen LogP contribution < -0.4 is 4.90 Å². The molecular weight excluding hydrogens is 312 g/mol. The number of hydrogen-bond donors (Lipinski definition) is 0. The molecule has 0 unspecified atom stereocenters. The number of aryl methyl sites for hydroxylation is 2. The molecule has 0 saturated carbocycles. The molecule has 2 aromatic rings. The Hall–Kier alpha value is -1.76. The van der Waals surface area contributed by atoms with Crippen molar-refractivity contribution in [2.24, 2.45) is 7.05 Å². The molecule has 6 nitrogen and oxygen atoms in total. The van der Waals surface area contributed by atoms with E-state index in [0.29, 0.717) is 11.8 Å². The van der Waals surface area contributed by atoms with E-state index < -0.39 is 0 Å². The summed E-state index contributed by atoms with van der Waals surface area (Å²) in [6, 6.07) is 1.94. The van der Waals surface area contributed by atoms with E-state index in [9.17, 15) is 4.79 Å². The van der Waals surface area contributed by atoms with Crippen molar-refractivity contribution in [3.05, 3.63) is 23.7 Å². The number of amides is 1. The summed E-state index contributed by atoms with van der Waals surface area (Å²) in [6.45, 7) is 8.86. The van der Waals surface area contributed by atoms with Gasteiger partial charge in [0.25, 0.3) is 5.22 Å². The molecule has 7 heteroatoms. The lowest BCUT2D eigenvalue weighted by Crippen LogP contribution is -2.29. The normalized spacial score (nSPS) is 18.9. The standard InChI is InChI=1S/C16H22N4O2S/c1-10-8-13(19(5)18-10)20-7-6-11(14(20)21)23-15-17-9-12(22-15)16(2,3)4/h8-9,11H,6-7H2,1-5H3/t11-/m0/s1. The van der Waals surface area contributed by atoms with Gasteiger partial charge in [-0.25, -0.2) is 4.98 Å². The topological polar surface area (TPSA) is 64.2 Å². The van der Waals surface area contributed by atoms with E-state index in [1.807, 2.05) is 20.0 Å². The molecule has 0 spiro atoms. The van der Waals surface area contributed by atoms with Gasteiger partial charge in [0.1, 0.15) is 11.6 Å². The first-order valence-electron chi connectivity index (χ1n) is 7.70. The molecule has 2 aromatic heterocycles. The lowest BCUT2D eigenvalue weighted by Gasteiger charge is -2.16. The second-order valence-electron chi connectivity index (χ2n) is 6.89. The molecule has 1 amide bonds. The molecule has 3 heterocycles. The summed E-state index contributed by atoms with van der Waals surface area (Å²) < 4.78 is 7.54. The number of thioether (sulfide) groups is 1. The predicted molar refractivity (Wildman–Crippen MR) is 89.8 cm³/mol. The third-order valence-corrected chi connectivity index (χ3v) is 4.99. The van der Waals surface area contributed by atoms with Gasteiger partial charge in [-0.3, -0.25) is 14.4 Å². The zero-order valence-corrected chi connectivity index (χ0v) is 15.0. The van der Waals surface area contributed by atoms with Crippen LogP contribution in [0.5, 0.6) is 0 Å². The highest BCUT2D eigenvalue weighted by Crippen LogP contribution is 2.34. The smallest absolute Gasteiger partial charge is 0.256 e. The highest BCUT2D eigenvalue weighted by Gasteiger charge is 2.36. The summed E-state index contributed by atoms with van der Waals surface area (Å²) in [5.41, 5.74) is 0.831. The monoisotopic (exact) mass is 334 g/mol. The summed E-state index contributed by atoms with van der Waals surface area (Å²) in [4.78, 5) is 18.8. The zero-order chi connectivity index (χ0) is 16.8. The lowest BCUT2D eigenvalue weighted by atomic mass is 9.94. The average Bonchev–Trinajstić information content (AvgIpc) is 3.12. The third kappa shape index (κ3) is 3.15. The number of oxazole rings is 1. The SMILES string of the molecule is Cc1cc(N2CC[C@H](Sc3ncc(C(C)(C)C)o3)C2=O)n(C)n1. The number of nitrogens with zero attached hydrogens (tertiary/aromatic N) is 4. The molecule has 23 heavy (non-hydrogen) atoms. The summed E-state index contributed by atoms with van der Waals surface area (Å²) in [6.07, 6.45) is 2.53. The van der Waals surface area contributed by atoms with Gasteiger partial charge in [0.15, 0.2) is 0 Å². The lowest BCUT2D eigenvalue weighted by molar-refractivity contribution is -0.116. The number of rotatable bonds is 3. The van der Waals surface area contributed by atoms with Crippen molar-refractivity contribution in [1.82, 2.24) is 14.8 Å². The fourth-order valence-electron chi connectivity index (χ4n) is 2.62. The molecule has 1 aliphatic rings. The van der Waals surface area contributed by atoms with Crippen LogP contribution in [0.25, 0.3) is 0 Å². The maximum absolute atomic E-state index is 12.7. The number of hydrogen-bond acceptors (Lipinski definition) is 5. The van der Waals surface area contributed by atoms with Gasteiger partial charge in [-0.2, -0.15) is 5.10 Å². The van der Waals surface area contributed by atoms with Crippen molar-refractivity contribution in [2.75, 3.05) is 11.4 Å². The predicted octanol–water partition coefficient (Wildman–Crippen LogP) is 2.91. The molecule has 1 fully saturated rings. The molecule has 1 atom stereocenters. The molecule has 1 saturated heterocycles. The maximum Gasteiger partial charge on any atom is 0.256 e. The highest BCUT2D eigenvalue weighted by atomic mass is 32.2. The van der Waals surface area contributed by atoms with Gasteiger partial charge in [0.05, 0.1) is 17.1 Å². The Balaban J connectivity index is 1.72. The third-order valence-electron chi connectivity index (χ3n) is 3.88. The first-order valence-corrected chi connectivity index (χ1v) is 8.58. The van der Waals surface area contributed by atoms with Crippen molar-refractivity contribution in [1.29, 1.82) is 0 Å². The summed E-state index contributed by atoms with van der Waals surface area (Å²) in [7, 11) is 1.86. The van der Waals surface area contributed by atoms with Crippen LogP contribution in [0.4, 0.5) is 5.82 Å². The van der Waals surface area contributed by atoms with Gasteiger partial charge < -0.3 is 4.42 Å². The van der Waals surface area contributed by atoms with Gasteiger partial charge >= 0.3 is 0 Å².